The molecular formula is C29H46N4O5Si. The summed E-state index contributed by atoms with van der Waals surface area (Å²) in [6, 6.07) is 6.83. The van der Waals surface area contributed by atoms with Gasteiger partial charge in [-0.1, -0.05) is 39.6 Å². The van der Waals surface area contributed by atoms with Crippen molar-refractivity contribution >= 4 is 31.6 Å². The van der Waals surface area contributed by atoms with Crippen molar-refractivity contribution in [3.05, 3.63) is 23.8 Å². The zero-order chi connectivity index (χ0) is 28.8. The Morgan fingerprint density at radius 2 is 1.92 bits per heavy atom. The second-order valence-electron chi connectivity index (χ2n) is 13.8. The quantitative estimate of drug-likeness (QED) is 0.323. The van der Waals surface area contributed by atoms with E-state index in [0.717, 1.165) is 29.5 Å². The molecular weight excluding hydrogens is 512 g/mol. The number of likely N-dealkylation sites (tertiary alicyclic amines) is 1. The summed E-state index contributed by atoms with van der Waals surface area (Å²) in [6.07, 6.45) is 0.560. The average Bonchev–Trinajstić information content (AvgIpc) is 2.79. The first-order valence-corrected chi connectivity index (χ1v) is 17.8. The molecule has 1 atom stereocenters. The van der Waals surface area contributed by atoms with Gasteiger partial charge in [0.2, 0.25) is 0 Å². The fourth-order valence-electron chi connectivity index (χ4n) is 5.24. The van der Waals surface area contributed by atoms with Crippen molar-refractivity contribution in [2.24, 2.45) is 16.4 Å². The van der Waals surface area contributed by atoms with Gasteiger partial charge in [-0.15, -0.1) is 0 Å². The summed E-state index contributed by atoms with van der Waals surface area (Å²) in [7, 11) is -1.21. The predicted octanol–water partition coefficient (Wildman–Crippen LogP) is 5.18. The highest BCUT2D eigenvalue weighted by molar-refractivity contribution is 6.76. The molecule has 1 saturated heterocycles. The van der Waals surface area contributed by atoms with Gasteiger partial charge in [0.25, 0.3) is 5.91 Å². The van der Waals surface area contributed by atoms with Gasteiger partial charge < -0.3 is 24.0 Å². The number of ether oxygens (including phenoxy) is 3. The number of amidine groups is 1. The van der Waals surface area contributed by atoms with Gasteiger partial charge in [-0.05, 0) is 63.8 Å². The number of benzene rings is 1. The first-order chi connectivity index (χ1) is 18.1. The molecule has 9 nitrogen and oxygen atoms in total. The monoisotopic (exact) mass is 558 g/mol. The second kappa shape index (κ2) is 10.8. The van der Waals surface area contributed by atoms with Crippen molar-refractivity contribution in [2.45, 2.75) is 85.3 Å². The number of amides is 2. The third kappa shape index (κ3) is 6.59. The Balaban J connectivity index is 1.48. The summed E-state index contributed by atoms with van der Waals surface area (Å²) in [5.41, 5.74) is 1.46. The largest absolute Gasteiger partial charge is 0.483 e. The Kier molecular flexibility index (Phi) is 8.11. The van der Waals surface area contributed by atoms with Gasteiger partial charge in [0, 0.05) is 33.2 Å². The second-order valence-corrected chi connectivity index (χ2v) is 19.4. The van der Waals surface area contributed by atoms with Crippen LogP contribution >= 0.6 is 0 Å². The van der Waals surface area contributed by atoms with E-state index in [1.54, 1.807) is 4.90 Å². The highest BCUT2D eigenvalue weighted by Crippen LogP contribution is 2.44. The Morgan fingerprint density at radius 1 is 1.23 bits per heavy atom. The Morgan fingerprint density at radius 3 is 2.54 bits per heavy atom. The molecule has 1 aromatic rings. The lowest BCUT2D eigenvalue weighted by molar-refractivity contribution is -0.138. The molecule has 3 heterocycles. The third-order valence-electron chi connectivity index (χ3n) is 7.81. The number of rotatable bonds is 8. The number of hydrogen-bond acceptors (Lipinski definition) is 7. The van der Waals surface area contributed by atoms with E-state index in [1.807, 2.05) is 38.7 Å². The molecule has 1 fully saturated rings. The summed E-state index contributed by atoms with van der Waals surface area (Å²) in [6.45, 7) is 21.3. The van der Waals surface area contributed by atoms with Gasteiger partial charge in [-0.2, -0.15) is 5.10 Å². The van der Waals surface area contributed by atoms with E-state index >= 15 is 0 Å². The topological polar surface area (TPSA) is 83.9 Å². The van der Waals surface area contributed by atoms with Crippen LogP contribution in [0.2, 0.25) is 25.7 Å². The summed E-state index contributed by atoms with van der Waals surface area (Å²) in [5.74, 6) is 1.75. The molecule has 0 N–H and O–H groups in total. The molecule has 0 spiro atoms. The first kappa shape index (κ1) is 29.4. The van der Waals surface area contributed by atoms with Crippen LogP contribution in [0, 0.1) is 11.3 Å². The van der Waals surface area contributed by atoms with Crippen molar-refractivity contribution in [1.82, 2.24) is 9.91 Å². The van der Waals surface area contributed by atoms with Gasteiger partial charge in [0.05, 0.1) is 5.69 Å². The van der Waals surface area contributed by atoms with Crippen LogP contribution in [0.5, 0.6) is 5.75 Å². The molecule has 39 heavy (non-hydrogen) atoms. The minimum absolute atomic E-state index is 0.0367. The van der Waals surface area contributed by atoms with Crippen molar-refractivity contribution in [3.63, 3.8) is 0 Å². The molecule has 10 heteroatoms. The lowest BCUT2D eigenvalue weighted by Gasteiger charge is -2.53. The fourth-order valence-corrected chi connectivity index (χ4v) is 5.99. The third-order valence-corrected chi connectivity index (χ3v) is 9.51. The molecule has 1 unspecified atom stereocenters. The van der Waals surface area contributed by atoms with E-state index in [4.69, 9.17) is 14.2 Å². The predicted molar refractivity (Wildman–Crippen MR) is 156 cm³/mol. The van der Waals surface area contributed by atoms with E-state index in [2.05, 4.69) is 50.7 Å². The SMILES string of the molecule is CC1C(=O)N(COCC[Si](C)(C)C)N=C2COc3ccc(CC4(C(C)C)CN(C(=O)OC(C)(C)C)C4)cc3N21. The molecule has 4 rings (SSSR count). The smallest absolute Gasteiger partial charge is 0.410 e. The van der Waals surface area contributed by atoms with E-state index in [0.29, 0.717) is 38.1 Å². The van der Waals surface area contributed by atoms with Crippen LogP contribution in [0.3, 0.4) is 0 Å². The minimum atomic E-state index is -1.21. The lowest BCUT2D eigenvalue weighted by Crippen LogP contribution is -2.62. The molecule has 3 aliphatic heterocycles. The number of nitrogens with zero attached hydrogens (tertiary/aromatic N) is 4. The molecule has 0 aromatic heterocycles. The Hall–Kier alpha value is -2.59. The maximum atomic E-state index is 13.3. The molecule has 3 aliphatic rings. The molecule has 2 amide bonds. The van der Waals surface area contributed by atoms with Crippen molar-refractivity contribution in [3.8, 4) is 5.75 Å². The maximum Gasteiger partial charge on any atom is 0.410 e. The molecule has 1 aromatic carbocycles. The first-order valence-electron chi connectivity index (χ1n) is 14.1. The fraction of sp³-hybridized carbons (Fsp3) is 0.690. The van der Waals surface area contributed by atoms with E-state index in [-0.39, 0.29) is 24.1 Å². The minimum Gasteiger partial charge on any atom is -0.483 e. The van der Waals surface area contributed by atoms with E-state index < -0.39 is 19.7 Å². The standard InChI is InChI=1S/C29H46N4O5Si/c1-20(2)29(17-31(18-29)27(35)38-28(4,5)6)15-22-10-11-24-23(14-22)33-21(3)26(34)32(30-25(33)16-37-24)19-36-12-13-39(7,8)9/h10-11,14,20-21H,12-13,15-19H2,1-9H3. The zero-order valence-electron chi connectivity index (χ0n) is 25.2. The van der Waals surface area contributed by atoms with Crippen molar-refractivity contribution in [1.29, 1.82) is 0 Å². The number of hydrazone groups is 1. The molecule has 0 bridgehead atoms. The van der Waals surface area contributed by atoms with Crippen LogP contribution in [0.1, 0.15) is 47.1 Å². The average molecular weight is 559 g/mol. The van der Waals surface area contributed by atoms with Crippen LogP contribution in [0.25, 0.3) is 0 Å². The summed E-state index contributed by atoms with van der Waals surface area (Å²) < 4.78 is 17.5. The molecule has 216 valence electrons. The Bertz CT molecular complexity index is 1120. The van der Waals surface area contributed by atoms with Gasteiger partial charge in [-0.25, -0.2) is 9.80 Å². The van der Waals surface area contributed by atoms with E-state index in [9.17, 15) is 9.59 Å². The number of anilines is 1. The summed E-state index contributed by atoms with van der Waals surface area (Å²) >= 11 is 0. The van der Waals surface area contributed by atoms with Gasteiger partial charge in [0.1, 0.15) is 30.7 Å². The lowest BCUT2D eigenvalue weighted by atomic mass is 9.67. The normalized spacial score (nSPS) is 20.7. The molecule has 0 saturated carbocycles. The van der Waals surface area contributed by atoms with Crippen LogP contribution in [-0.4, -0.2) is 80.5 Å². The van der Waals surface area contributed by atoms with Gasteiger partial charge in [0.15, 0.2) is 5.84 Å². The summed E-state index contributed by atoms with van der Waals surface area (Å²) in [5, 5.41) is 6.05. The van der Waals surface area contributed by atoms with Crippen LogP contribution in [-0.2, 0) is 20.7 Å². The molecule has 0 aliphatic carbocycles. The van der Waals surface area contributed by atoms with Crippen LogP contribution < -0.4 is 9.64 Å². The number of carbonyl (C=O) groups excluding carboxylic acids is 2. The highest BCUT2D eigenvalue weighted by atomic mass is 28.3. The number of hydrogen-bond donors (Lipinski definition) is 0. The maximum absolute atomic E-state index is 13.3. The van der Waals surface area contributed by atoms with E-state index in [1.165, 1.54) is 5.01 Å². The number of carbonyl (C=O) groups is 2. The molecule has 0 radical (unpaired) electrons. The van der Waals surface area contributed by atoms with Gasteiger partial charge >= 0.3 is 6.09 Å². The Labute approximate surface area is 234 Å². The van der Waals surface area contributed by atoms with Crippen molar-refractivity contribution < 1.29 is 23.8 Å². The van der Waals surface area contributed by atoms with Crippen LogP contribution in [0.4, 0.5) is 10.5 Å². The zero-order valence-corrected chi connectivity index (χ0v) is 26.2. The number of fused-ring (bicyclic) bond motifs is 3. The van der Waals surface area contributed by atoms with Gasteiger partial charge in [-0.3, -0.25) is 4.79 Å². The van der Waals surface area contributed by atoms with Crippen LogP contribution in [0.15, 0.2) is 23.3 Å². The summed E-state index contributed by atoms with van der Waals surface area (Å²) in [4.78, 5) is 29.6. The van der Waals surface area contributed by atoms with Crippen molar-refractivity contribution in [2.75, 3.05) is 37.9 Å². The highest BCUT2D eigenvalue weighted by Gasteiger charge is 2.48.